The van der Waals surface area contributed by atoms with Crippen LogP contribution in [0.15, 0.2) is 48.5 Å². The Morgan fingerprint density at radius 2 is 1.69 bits per heavy atom. The van der Waals surface area contributed by atoms with Gasteiger partial charge in [-0.3, -0.25) is 4.79 Å². The average molecular weight is 503 g/mol. The van der Waals surface area contributed by atoms with E-state index in [1.165, 1.54) is 25.7 Å². The summed E-state index contributed by atoms with van der Waals surface area (Å²) in [7, 11) is 0. The van der Waals surface area contributed by atoms with Crippen molar-refractivity contribution >= 4 is 29.3 Å². The SMILES string of the molecule is O=C(O)CCOCCc1ccc(OCCN(CCC2CCCC2)C(=O)Nc2ccc(Cl)cc2)cc1. The maximum absolute atomic E-state index is 13.0. The number of aliphatic carboxylic acids is 1. The Hall–Kier alpha value is -2.77. The topological polar surface area (TPSA) is 88.1 Å². The number of carbonyl (C=O) groups is 2. The minimum absolute atomic E-state index is 0.0160. The lowest BCUT2D eigenvalue weighted by atomic mass is 10.0. The molecule has 3 rings (SSSR count). The fourth-order valence-corrected chi connectivity index (χ4v) is 4.29. The van der Waals surface area contributed by atoms with Gasteiger partial charge in [-0.25, -0.2) is 4.79 Å². The number of hydrogen-bond donors (Lipinski definition) is 2. The zero-order valence-electron chi connectivity index (χ0n) is 20.1. The lowest BCUT2D eigenvalue weighted by Crippen LogP contribution is -2.39. The summed E-state index contributed by atoms with van der Waals surface area (Å²) in [6.07, 6.45) is 6.81. The number of carbonyl (C=O) groups excluding carboxylic acids is 1. The molecular weight excluding hydrogens is 468 g/mol. The van der Waals surface area contributed by atoms with E-state index in [1.54, 1.807) is 24.3 Å². The molecule has 190 valence electrons. The number of anilines is 1. The van der Waals surface area contributed by atoms with Crippen molar-refractivity contribution in [2.45, 2.75) is 44.9 Å². The number of benzene rings is 2. The van der Waals surface area contributed by atoms with E-state index < -0.39 is 5.97 Å². The summed E-state index contributed by atoms with van der Waals surface area (Å²) in [5, 5.41) is 12.2. The number of nitrogens with zero attached hydrogens (tertiary/aromatic N) is 1. The molecule has 8 heteroatoms. The van der Waals surface area contributed by atoms with Gasteiger partial charge < -0.3 is 24.8 Å². The first-order valence-corrected chi connectivity index (χ1v) is 12.7. The summed E-state index contributed by atoms with van der Waals surface area (Å²) in [4.78, 5) is 25.3. The molecule has 0 radical (unpaired) electrons. The van der Waals surface area contributed by atoms with E-state index in [1.807, 2.05) is 29.2 Å². The molecule has 0 aromatic heterocycles. The number of rotatable bonds is 14. The molecule has 1 aliphatic carbocycles. The number of ether oxygens (including phenoxy) is 2. The van der Waals surface area contributed by atoms with Gasteiger partial charge in [0.1, 0.15) is 12.4 Å². The van der Waals surface area contributed by atoms with Gasteiger partial charge in [0.2, 0.25) is 0 Å². The highest BCUT2D eigenvalue weighted by atomic mass is 35.5. The van der Waals surface area contributed by atoms with E-state index in [4.69, 9.17) is 26.2 Å². The van der Waals surface area contributed by atoms with Crippen LogP contribution in [0.4, 0.5) is 10.5 Å². The summed E-state index contributed by atoms with van der Waals surface area (Å²) >= 11 is 5.95. The number of nitrogens with one attached hydrogen (secondary N) is 1. The third kappa shape index (κ3) is 10.2. The molecule has 1 saturated carbocycles. The predicted octanol–water partition coefficient (Wildman–Crippen LogP) is 5.87. The molecule has 0 spiro atoms. The minimum Gasteiger partial charge on any atom is -0.492 e. The second-order valence-electron chi connectivity index (χ2n) is 8.86. The molecule has 0 atom stereocenters. The minimum atomic E-state index is -0.855. The summed E-state index contributed by atoms with van der Waals surface area (Å²) in [6, 6.07) is 14.7. The molecule has 1 aliphatic rings. The molecule has 0 saturated heterocycles. The predicted molar refractivity (Wildman–Crippen MR) is 137 cm³/mol. The molecule has 1 fully saturated rings. The second-order valence-corrected chi connectivity index (χ2v) is 9.30. The fraction of sp³-hybridized carbons (Fsp3) is 0.481. The molecule has 35 heavy (non-hydrogen) atoms. The molecule has 0 bridgehead atoms. The summed E-state index contributed by atoms with van der Waals surface area (Å²) < 4.78 is 11.3. The van der Waals surface area contributed by atoms with Crippen molar-refractivity contribution in [1.82, 2.24) is 4.90 Å². The standard InChI is InChI=1S/C27H35ClN2O5/c28-23-7-9-24(10-8-23)29-27(33)30(16-13-21-3-1-2-4-21)17-20-35-25-11-5-22(6-12-25)14-18-34-19-15-26(31)32/h5-12,21H,1-4,13-20H2,(H,29,33)(H,31,32). The molecular formula is C27H35ClN2O5. The molecule has 2 amide bonds. The van der Waals surface area contributed by atoms with Crippen molar-refractivity contribution in [3.05, 3.63) is 59.1 Å². The van der Waals surface area contributed by atoms with E-state index in [9.17, 15) is 9.59 Å². The van der Waals surface area contributed by atoms with Crippen molar-refractivity contribution in [2.24, 2.45) is 5.92 Å². The number of carboxylic acid groups (broad SMARTS) is 1. The first kappa shape index (κ1) is 26.8. The lowest BCUT2D eigenvalue weighted by molar-refractivity contribution is -0.138. The van der Waals surface area contributed by atoms with E-state index in [0.29, 0.717) is 49.4 Å². The van der Waals surface area contributed by atoms with Crippen LogP contribution in [0.5, 0.6) is 5.75 Å². The molecule has 7 nitrogen and oxygen atoms in total. The van der Waals surface area contributed by atoms with Gasteiger partial charge in [0.15, 0.2) is 0 Å². The van der Waals surface area contributed by atoms with Gasteiger partial charge in [0.05, 0.1) is 26.2 Å². The highest BCUT2D eigenvalue weighted by molar-refractivity contribution is 6.30. The Labute approximate surface area is 212 Å². The Morgan fingerprint density at radius 1 is 0.971 bits per heavy atom. The number of amides is 2. The van der Waals surface area contributed by atoms with Crippen molar-refractivity contribution in [2.75, 3.05) is 38.2 Å². The number of carboxylic acids is 1. The van der Waals surface area contributed by atoms with Gasteiger partial charge in [-0.05, 0) is 60.7 Å². The monoisotopic (exact) mass is 502 g/mol. The molecule has 2 aromatic carbocycles. The van der Waals surface area contributed by atoms with Crippen molar-refractivity contribution in [3.63, 3.8) is 0 Å². The maximum Gasteiger partial charge on any atom is 0.321 e. The van der Waals surface area contributed by atoms with Gasteiger partial charge in [-0.15, -0.1) is 0 Å². The van der Waals surface area contributed by atoms with Gasteiger partial charge in [0.25, 0.3) is 0 Å². The zero-order chi connectivity index (χ0) is 24.9. The maximum atomic E-state index is 13.0. The van der Waals surface area contributed by atoms with Gasteiger partial charge >= 0.3 is 12.0 Å². The largest absolute Gasteiger partial charge is 0.492 e. The van der Waals surface area contributed by atoms with Crippen LogP contribution >= 0.6 is 11.6 Å². The van der Waals surface area contributed by atoms with Crippen LogP contribution in [0, 0.1) is 5.92 Å². The number of halogens is 1. The normalized spacial score (nSPS) is 13.5. The smallest absolute Gasteiger partial charge is 0.321 e. The highest BCUT2D eigenvalue weighted by Crippen LogP contribution is 2.27. The summed E-state index contributed by atoms with van der Waals surface area (Å²) in [6.45, 7) is 2.29. The highest BCUT2D eigenvalue weighted by Gasteiger charge is 2.19. The first-order valence-electron chi connectivity index (χ1n) is 12.3. The fourth-order valence-electron chi connectivity index (χ4n) is 4.17. The van der Waals surface area contributed by atoms with Crippen molar-refractivity contribution in [3.8, 4) is 5.75 Å². The van der Waals surface area contributed by atoms with Crippen LogP contribution in [0.25, 0.3) is 0 Å². The average Bonchev–Trinajstić information content (AvgIpc) is 3.37. The molecule has 2 aromatic rings. The molecule has 0 heterocycles. The molecule has 2 N–H and O–H groups in total. The third-order valence-electron chi connectivity index (χ3n) is 6.21. The van der Waals surface area contributed by atoms with E-state index in [-0.39, 0.29) is 19.1 Å². The Balaban J connectivity index is 1.45. The van der Waals surface area contributed by atoms with Crippen LogP contribution in [-0.4, -0.2) is 54.9 Å². The van der Waals surface area contributed by atoms with Crippen LogP contribution in [0.1, 0.15) is 44.1 Å². The van der Waals surface area contributed by atoms with Gasteiger partial charge in [0, 0.05) is 17.3 Å². The first-order chi connectivity index (χ1) is 17.0. The lowest BCUT2D eigenvalue weighted by Gasteiger charge is -2.24. The second kappa shape index (κ2) is 14.6. The Kier molecular flexibility index (Phi) is 11.2. The summed E-state index contributed by atoms with van der Waals surface area (Å²) in [5.74, 6) is 0.586. The van der Waals surface area contributed by atoms with Gasteiger partial charge in [-0.1, -0.05) is 49.4 Å². The summed E-state index contributed by atoms with van der Waals surface area (Å²) in [5.41, 5.74) is 1.81. The van der Waals surface area contributed by atoms with E-state index >= 15 is 0 Å². The van der Waals surface area contributed by atoms with Gasteiger partial charge in [-0.2, -0.15) is 0 Å². The quantitative estimate of drug-likeness (QED) is 0.315. The van der Waals surface area contributed by atoms with E-state index in [0.717, 1.165) is 17.7 Å². The number of hydrogen-bond acceptors (Lipinski definition) is 4. The van der Waals surface area contributed by atoms with E-state index in [2.05, 4.69) is 5.32 Å². The molecule has 0 aliphatic heterocycles. The zero-order valence-corrected chi connectivity index (χ0v) is 20.8. The van der Waals surface area contributed by atoms with Crippen LogP contribution in [-0.2, 0) is 16.0 Å². The number of urea groups is 1. The van der Waals surface area contributed by atoms with Crippen molar-refractivity contribution in [1.29, 1.82) is 0 Å². The molecule has 0 unspecified atom stereocenters. The van der Waals surface area contributed by atoms with Crippen molar-refractivity contribution < 1.29 is 24.2 Å². The third-order valence-corrected chi connectivity index (χ3v) is 6.47. The van der Waals surface area contributed by atoms with Crippen LogP contribution in [0.2, 0.25) is 5.02 Å². The van der Waals surface area contributed by atoms with Crippen LogP contribution in [0.3, 0.4) is 0 Å². The Bertz CT molecular complexity index is 914. The Morgan fingerprint density at radius 3 is 2.37 bits per heavy atom. The van der Waals surface area contributed by atoms with Crippen LogP contribution < -0.4 is 10.1 Å².